The summed E-state index contributed by atoms with van der Waals surface area (Å²) in [6, 6.07) is 4.62. The number of aromatic nitrogens is 2. The number of nitrogens with zero attached hydrogens (tertiary/aromatic N) is 2. The van der Waals surface area contributed by atoms with Gasteiger partial charge in [0.15, 0.2) is 5.16 Å². The molecule has 2 aromatic rings. The highest BCUT2D eigenvalue weighted by molar-refractivity contribution is 7.99. The van der Waals surface area contributed by atoms with E-state index >= 15 is 0 Å². The van der Waals surface area contributed by atoms with Gasteiger partial charge in [-0.3, -0.25) is 0 Å². The quantitative estimate of drug-likeness (QED) is 0.871. The summed E-state index contributed by atoms with van der Waals surface area (Å²) >= 11 is 7.42. The lowest BCUT2D eigenvalue weighted by atomic mass is 10.2. The molecule has 0 saturated carbocycles. The summed E-state index contributed by atoms with van der Waals surface area (Å²) < 4.78 is 0. The van der Waals surface area contributed by atoms with Gasteiger partial charge in [-0.1, -0.05) is 11.6 Å². The number of hydrogen-bond acceptors (Lipinski definition) is 4. The standard InChI is InChI=1S/C14H13ClN2O2S/c1-7-8(2)16-14(17-9(7)3)20-12-5-4-10(13(18)19)6-11(12)15/h4-6H,1-3H3,(H,18,19). The molecule has 0 unspecified atom stereocenters. The van der Waals surface area contributed by atoms with E-state index in [0.29, 0.717) is 10.2 Å². The van der Waals surface area contributed by atoms with Gasteiger partial charge in [-0.15, -0.1) is 0 Å². The molecule has 104 valence electrons. The van der Waals surface area contributed by atoms with Gasteiger partial charge < -0.3 is 5.11 Å². The number of hydrogen-bond donors (Lipinski definition) is 1. The molecule has 0 atom stereocenters. The highest BCUT2D eigenvalue weighted by atomic mass is 35.5. The summed E-state index contributed by atoms with van der Waals surface area (Å²) in [7, 11) is 0. The smallest absolute Gasteiger partial charge is 0.335 e. The van der Waals surface area contributed by atoms with E-state index in [1.54, 1.807) is 6.07 Å². The van der Waals surface area contributed by atoms with E-state index in [9.17, 15) is 4.79 Å². The highest BCUT2D eigenvalue weighted by Gasteiger charge is 2.11. The third-order valence-electron chi connectivity index (χ3n) is 2.99. The van der Waals surface area contributed by atoms with E-state index in [2.05, 4.69) is 9.97 Å². The maximum Gasteiger partial charge on any atom is 0.335 e. The Hall–Kier alpha value is -1.59. The van der Waals surface area contributed by atoms with Crippen molar-refractivity contribution in [3.8, 4) is 0 Å². The third kappa shape index (κ3) is 3.11. The first-order valence-electron chi connectivity index (χ1n) is 5.91. The van der Waals surface area contributed by atoms with E-state index in [4.69, 9.17) is 16.7 Å². The molecule has 0 aliphatic heterocycles. The normalized spacial score (nSPS) is 10.6. The molecule has 0 amide bonds. The molecule has 4 nitrogen and oxygen atoms in total. The molecule has 0 aliphatic rings. The van der Waals surface area contributed by atoms with Crippen LogP contribution >= 0.6 is 23.4 Å². The largest absolute Gasteiger partial charge is 0.478 e. The maximum absolute atomic E-state index is 10.9. The van der Waals surface area contributed by atoms with Crippen LogP contribution in [0.2, 0.25) is 5.02 Å². The number of carbonyl (C=O) groups is 1. The molecular formula is C14H13ClN2O2S. The number of benzene rings is 1. The van der Waals surface area contributed by atoms with Crippen molar-refractivity contribution < 1.29 is 9.90 Å². The molecule has 0 bridgehead atoms. The summed E-state index contributed by atoms with van der Waals surface area (Å²) in [6.07, 6.45) is 0. The Labute approximate surface area is 126 Å². The fraction of sp³-hybridized carbons (Fsp3) is 0.214. The van der Waals surface area contributed by atoms with E-state index in [-0.39, 0.29) is 5.56 Å². The van der Waals surface area contributed by atoms with Crippen molar-refractivity contribution in [3.05, 3.63) is 45.7 Å². The number of aromatic carboxylic acids is 1. The lowest BCUT2D eigenvalue weighted by molar-refractivity contribution is 0.0697. The Morgan fingerprint density at radius 3 is 2.30 bits per heavy atom. The zero-order chi connectivity index (χ0) is 14.9. The van der Waals surface area contributed by atoms with Gasteiger partial charge in [0.1, 0.15) is 0 Å². The van der Waals surface area contributed by atoms with E-state index in [1.807, 2.05) is 20.8 Å². The van der Waals surface area contributed by atoms with Crippen LogP contribution in [0.1, 0.15) is 27.3 Å². The molecule has 6 heteroatoms. The number of rotatable bonds is 3. The molecule has 1 N–H and O–H groups in total. The van der Waals surface area contributed by atoms with Gasteiger partial charge in [-0.05, 0) is 56.3 Å². The number of carboxylic acids is 1. The van der Waals surface area contributed by atoms with Gasteiger partial charge in [0.05, 0.1) is 10.6 Å². The van der Waals surface area contributed by atoms with Crippen LogP contribution in [0.3, 0.4) is 0 Å². The molecule has 0 spiro atoms. The summed E-state index contributed by atoms with van der Waals surface area (Å²) in [5, 5.41) is 9.89. The molecule has 1 aromatic heterocycles. The lowest BCUT2D eigenvalue weighted by Gasteiger charge is -2.08. The van der Waals surface area contributed by atoms with Crippen LogP contribution in [0.25, 0.3) is 0 Å². The van der Waals surface area contributed by atoms with Gasteiger partial charge in [0.2, 0.25) is 0 Å². The van der Waals surface area contributed by atoms with Crippen LogP contribution in [0, 0.1) is 20.8 Å². The zero-order valence-corrected chi connectivity index (χ0v) is 12.8. The Morgan fingerprint density at radius 1 is 1.20 bits per heavy atom. The topological polar surface area (TPSA) is 63.1 Å². The Balaban J connectivity index is 2.33. The van der Waals surface area contributed by atoms with Crippen molar-refractivity contribution in [1.29, 1.82) is 0 Å². The van der Waals surface area contributed by atoms with Crippen molar-refractivity contribution in [1.82, 2.24) is 9.97 Å². The van der Waals surface area contributed by atoms with Crippen LogP contribution in [-0.2, 0) is 0 Å². The Morgan fingerprint density at radius 2 is 1.80 bits per heavy atom. The third-order valence-corrected chi connectivity index (χ3v) is 4.36. The number of aryl methyl sites for hydroxylation is 2. The summed E-state index contributed by atoms with van der Waals surface area (Å²) in [4.78, 5) is 20.4. The van der Waals surface area contributed by atoms with Gasteiger partial charge in [0, 0.05) is 16.3 Å². The van der Waals surface area contributed by atoms with Crippen molar-refractivity contribution in [2.75, 3.05) is 0 Å². The van der Waals surface area contributed by atoms with Crippen LogP contribution < -0.4 is 0 Å². The maximum atomic E-state index is 10.9. The zero-order valence-electron chi connectivity index (χ0n) is 11.3. The fourth-order valence-electron chi connectivity index (χ4n) is 1.60. The van der Waals surface area contributed by atoms with Gasteiger partial charge in [-0.2, -0.15) is 0 Å². The second-order valence-corrected chi connectivity index (χ2v) is 5.77. The van der Waals surface area contributed by atoms with Gasteiger partial charge in [-0.25, -0.2) is 14.8 Å². The Bertz CT molecular complexity index is 666. The number of carboxylic acid groups (broad SMARTS) is 1. The van der Waals surface area contributed by atoms with Crippen LogP contribution in [0.4, 0.5) is 0 Å². The first-order chi connectivity index (χ1) is 9.38. The first-order valence-corrected chi connectivity index (χ1v) is 7.10. The fourth-order valence-corrected chi connectivity index (χ4v) is 2.75. The summed E-state index contributed by atoms with van der Waals surface area (Å²) in [6.45, 7) is 5.85. The molecule has 0 aliphatic carbocycles. The SMILES string of the molecule is Cc1nc(Sc2ccc(C(=O)O)cc2Cl)nc(C)c1C. The summed E-state index contributed by atoms with van der Waals surface area (Å²) in [5.74, 6) is -0.998. The van der Waals surface area contributed by atoms with Crippen LogP contribution in [0.5, 0.6) is 0 Å². The monoisotopic (exact) mass is 308 g/mol. The lowest BCUT2D eigenvalue weighted by Crippen LogP contribution is -1.98. The minimum Gasteiger partial charge on any atom is -0.478 e. The van der Waals surface area contributed by atoms with Crippen LogP contribution in [-0.4, -0.2) is 21.0 Å². The van der Waals surface area contributed by atoms with Crippen molar-refractivity contribution in [2.45, 2.75) is 30.8 Å². The number of halogens is 1. The molecule has 2 rings (SSSR count). The molecule has 0 saturated heterocycles. The second kappa shape index (κ2) is 5.81. The minimum absolute atomic E-state index is 0.163. The van der Waals surface area contributed by atoms with Crippen molar-refractivity contribution in [2.24, 2.45) is 0 Å². The average molecular weight is 309 g/mol. The van der Waals surface area contributed by atoms with Crippen LogP contribution in [0.15, 0.2) is 28.3 Å². The highest BCUT2D eigenvalue weighted by Crippen LogP contribution is 2.32. The second-order valence-electron chi connectivity index (χ2n) is 4.35. The minimum atomic E-state index is -0.998. The molecular weight excluding hydrogens is 296 g/mol. The average Bonchev–Trinajstić information content (AvgIpc) is 2.38. The van der Waals surface area contributed by atoms with E-state index in [0.717, 1.165) is 21.8 Å². The predicted octanol–water partition coefficient (Wildman–Crippen LogP) is 3.90. The summed E-state index contributed by atoms with van der Waals surface area (Å²) in [5.41, 5.74) is 3.09. The molecule has 20 heavy (non-hydrogen) atoms. The Kier molecular flexibility index (Phi) is 4.30. The molecule has 0 fully saturated rings. The molecule has 1 aromatic carbocycles. The van der Waals surface area contributed by atoms with Crippen molar-refractivity contribution >= 4 is 29.3 Å². The van der Waals surface area contributed by atoms with Gasteiger partial charge in [0.25, 0.3) is 0 Å². The molecule has 0 radical (unpaired) electrons. The van der Waals surface area contributed by atoms with E-state index < -0.39 is 5.97 Å². The first kappa shape index (κ1) is 14.8. The van der Waals surface area contributed by atoms with Gasteiger partial charge >= 0.3 is 5.97 Å². The van der Waals surface area contributed by atoms with Crippen molar-refractivity contribution in [3.63, 3.8) is 0 Å². The predicted molar refractivity (Wildman–Crippen MR) is 78.8 cm³/mol. The molecule has 1 heterocycles. The van der Waals surface area contributed by atoms with E-state index in [1.165, 1.54) is 23.9 Å².